The first-order valence-corrected chi connectivity index (χ1v) is 5.74. The number of hydrogen-bond acceptors (Lipinski definition) is 5. The highest BCUT2D eigenvalue weighted by molar-refractivity contribution is 5.23. The summed E-state index contributed by atoms with van der Waals surface area (Å²) in [6, 6.07) is 1.00. The summed E-state index contributed by atoms with van der Waals surface area (Å²) in [7, 11) is 3.85. The first-order valence-electron chi connectivity index (χ1n) is 5.74. The van der Waals surface area contributed by atoms with Gasteiger partial charge in [0.2, 0.25) is 5.89 Å². The molecule has 0 fully saturated rings. The van der Waals surface area contributed by atoms with Crippen LogP contribution in [-0.2, 0) is 6.54 Å². The van der Waals surface area contributed by atoms with E-state index in [0.717, 1.165) is 6.42 Å². The van der Waals surface area contributed by atoms with Gasteiger partial charge in [-0.15, -0.1) is 5.10 Å². The van der Waals surface area contributed by atoms with E-state index in [9.17, 15) is 0 Å². The Hall–Kier alpha value is -1.10. The summed E-state index contributed by atoms with van der Waals surface area (Å²) >= 11 is 0. The van der Waals surface area contributed by atoms with Crippen LogP contribution in [0.1, 0.15) is 33.1 Å². The molecule has 92 valence electrons. The van der Waals surface area contributed by atoms with Gasteiger partial charge in [-0.1, -0.05) is 18.9 Å². The number of rotatable bonds is 6. The van der Waals surface area contributed by atoms with Crippen molar-refractivity contribution in [2.75, 3.05) is 19.0 Å². The Kier molecular flexibility index (Phi) is 4.73. The van der Waals surface area contributed by atoms with Crippen LogP contribution in [0, 0.1) is 5.92 Å². The molecule has 1 rings (SSSR count). The van der Waals surface area contributed by atoms with Crippen molar-refractivity contribution in [3.8, 4) is 0 Å². The summed E-state index contributed by atoms with van der Waals surface area (Å²) in [4.78, 5) is 2.03. The van der Waals surface area contributed by atoms with Gasteiger partial charge in [-0.25, -0.2) is 0 Å². The van der Waals surface area contributed by atoms with Gasteiger partial charge in [-0.05, 0) is 26.3 Å². The standard InChI is InChI=1S/C11H22N4O/c1-8(2)6-9(3)15(5)11-14-13-10(16-11)7-12-4/h8-9,12H,6-7H2,1-5H3. The molecule has 0 saturated heterocycles. The van der Waals surface area contributed by atoms with Crippen LogP contribution in [0.3, 0.4) is 0 Å². The Morgan fingerprint density at radius 1 is 1.31 bits per heavy atom. The second-order valence-corrected chi connectivity index (χ2v) is 4.60. The zero-order chi connectivity index (χ0) is 12.1. The van der Waals surface area contributed by atoms with Gasteiger partial charge in [0.25, 0.3) is 0 Å². The third kappa shape index (κ3) is 3.48. The molecular formula is C11H22N4O. The lowest BCUT2D eigenvalue weighted by molar-refractivity contribution is 0.441. The van der Waals surface area contributed by atoms with E-state index in [-0.39, 0.29) is 0 Å². The molecule has 5 nitrogen and oxygen atoms in total. The fourth-order valence-corrected chi connectivity index (χ4v) is 1.64. The largest absolute Gasteiger partial charge is 0.407 e. The first kappa shape index (κ1) is 13.0. The van der Waals surface area contributed by atoms with Crippen LogP contribution in [0.5, 0.6) is 0 Å². The molecule has 5 heteroatoms. The Labute approximate surface area is 97.2 Å². The minimum Gasteiger partial charge on any atom is -0.407 e. The average molecular weight is 226 g/mol. The van der Waals surface area contributed by atoms with Gasteiger partial charge in [0, 0.05) is 13.1 Å². The maximum atomic E-state index is 5.53. The second kappa shape index (κ2) is 5.84. The lowest BCUT2D eigenvalue weighted by atomic mass is 10.0. The lowest BCUT2D eigenvalue weighted by Gasteiger charge is -2.23. The monoisotopic (exact) mass is 226 g/mol. The van der Waals surface area contributed by atoms with Gasteiger partial charge < -0.3 is 14.6 Å². The average Bonchev–Trinajstić information content (AvgIpc) is 2.64. The molecule has 0 aliphatic rings. The maximum absolute atomic E-state index is 5.53. The third-order valence-electron chi connectivity index (χ3n) is 2.56. The molecule has 0 aliphatic carbocycles. The van der Waals surface area contributed by atoms with Gasteiger partial charge in [0.15, 0.2) is 0 Å². The molecule has 1 aromatic heterocycles. The highest BCUT2D eigenvalue weighted by Gasteiger charge is 2.16. The molecule has 0 aliphatic heterocycles. The molecule has 0 bridgehead atoms. The molecule has 1 unspecified atom stereocenters. The SMILES string of the molecule is CNCc1nnc(N(C)C(C)CC(C)C)o1. The van der Waals surface area contributed by atoms with Gasteiger partial charge in [-0.2, -0.15) is 0 Å². The number of aromatic nitrogens is 2. The Bertz CT molecular complexity index is 311. The van der Waals surface area contributed by atoms with E-state index in [1.54, 1.807) is 0 Å². The minimum atomic E-state index is 0.405. The molecule has 1 aromatic rings. The van der Waals surface area contributed by atoms with E-state index in [2.05, 4.69) is 36.3 Å². The molecule has 1 atom stereocenters. The van der Waals surface area contributed by atoms with Crippen molar-refractivity contribution < 1.29 is 4.42 Å². The van der Waals surface area contributed by atoms with Crippen molar-refractivity contribution in [3.05, 3.63) is 5.89 Å². The van der Waals surface area contributed by atoms with Crippen molar-refractivity contribution in [2.24, 2.45) is 5.92 Å². The highest BCUT2D eigenvalue weighted by Crippen LogP contribution is 2.17. The van der Waals surface area contributed by atoms with Crippen LogP contribution in [0.15, 0.2) is 4.42 Å². The molecule has 1 N–H and O–H groups in total. The fourth-order valence-electron chi connectivity index (χ4n) is 1.64. The zero-order valence-corrected chi connectivity index (χ0v) is 10.8. The highest BCUT2D eigenvalue weighted by atomic mass is 16.4. The summed E-state index contributed by atoms with van der Waals surface area (Å²) in [5.41, 5.74) is 0. The minimum absolute atomic E-state index is 0.405. The van der Waals surface area contributed by atoms with Crippen molar-refractivity contribution >= 4 is 6.01 Å². The van der Waals surface area contributed by atoms with E-state index >= 15 is 0 Å². The van der Waals surface area contributed by atoms with E-state index in [1.807, 2.05) is 19.0 Å². The molecule has 0 spiro atoms. The van der Waals surface area contributed by atoms with Crippen LogP contribution in [0.25, 0.3) is 0 Å². The molecule has 0 radical (unpaired) electrons. The smallest absolute Gasteiger partial charge is 0.318 e. The zero-order valence-electron chi connectivity index (χ0n) is 10.8. The van der Waals surface area contributed by atoms with Crippen LogP contribution < -0.4 is 10.2 Å². The Balaban J connectivity index is 2.60. The van der Waals surface area contributed by atoms with Crippen LogP contribution in [0.2, 0.25) is 0 Å². The Morgan fingerprint density at radius 3 is 2.56 bits per heavy atom. The summed E-state index contributed by atoms with van der Waals surface area (Å²) in [6.07, 6.45) is 1.11. The van der Waals surface area contributed by atoms with Gasteiger partial charge in [0.1, 0.15) is 0 Å². The van der Waals surface area contributed by atoms with E-state index in [1.165, 1.54) is 0 Å². The van der Waals surface area contributed by atoms with Gasteiger partial charge in [0.05, 0.1) is 6.54 Å². The normalized spacial score (nSPS) is 13.1. The van der Waals surface area contributed by atoms with Crippen molar-refractivity contribution in [1.29, 1.82) is 0 Å². The van der Waals surface area contributed by atoms with Gasteiger partial charge >= 0.3 is 6.01 Å². The molecule has 16 heavy (non-hydrogen) atoms. The Morgan fingerprint density at radius 2 is 2.00 bits per heavy atom. The number of hydrogen-bond donors (Lipinski definition) is 1. The van der Waals surface area contributed by atoms with Crippen molar-refractivity contribution in [3.63, 3.8) is 0 Å². The van der Waals surface area contributed by atoms with Crippen LogP contribution in [0.4, 0.5) is 6.01 Å². The third-order valence-corrected chi connectivity index (χ3v) is 2.56. The first-order chi connectivity index (χ1) is 7.54. The van der Waals surface area contributed by atoms with E-state index in [4.69, 9.17) is 4.42 Å². The lowest BCUT2D eigenvalue weighted by Crippen LogP contribution is -2.30. The molecule has 0 aromatic carbocycles. The summed E-state index contributed by atoms with van der Waals surface area (Å²) in [5.74, 6) is 1.29. The summed E-state index contributed by atoms with van der Waals surface area (Å²) in [6.45, 7) is 7.20. The molecular weight excluding hydrogens is 204 g/mol. The summed E-state index contributed by atoms with van der Waals surface area (Å²) < 4.78 is 5.53. The predicted octanol–water partition coefficient (Wildman–Crippen LogP) is 1.66. The fraction of sp³-hybridized carbons (Fsp3) is 0.818. The second-order valence-electron chi connectivity index (χ2n) is 4.60. The van der Waals surface area contributed by atoms with Gasteiger partial charge in [-0.3, -0.25) is 0 Å². The van der Waals surface area contributed by atoms with Crippen LogP contribution >= 0.6 is 0 Å². The van der Waals surface area contributed by atoms with E-state index < -0.39 is 0 Å². The predicted molar refractivity (Wildman–Crippen MR) is 64.4 cm³/mol. The topological polar surface area (TPSA) is 54.2 Å². The maximum Gasteiger partial charge on any atom is 0.318 e. The van der Waals surface area contributed by atoms with Crippen molar-refractivity contribution in [2.45, 2.75) is 39.8 Å². The molecule has 1 heterocycles. The summed E-state index contributed by atoms with van der Waals surface area (Å²) in [5, 5.41) is 11.0. The number of nitrogens with one attached hydrogen (secondary N) is 1. The van der Waals surface area contributed by atoms with E-state index in [0.29, 0.717) is 30.4 Å². The quantitative estimate of drug-likeness (QED) is 0.799. The van der Waals surface area contributed by atoms with Crippen molar-refractivity contribution in [1.82, 2.24) is 15.5 Å². The van der Waals surface area contributed by atoms with Crippen LogP contribution in [-0.4, -0.2) is 30.3 Å². The number of nitrogens with zero attached hydrogens (tertiary/aromatic N) is 3. The number of anilines is 1. The molecule has 0 saturated carbocycles. The molecule has 0 amide bonds.